The Morgan fingerprint density at radius 2 is 1.81 bits per heavy atom. The van der Waals surface area contributed by atoms with Crippen molar-refractivity contribution in [1.82, 2.24) is 20.5 Å². The van der Waals surface area contributed by atoms with Crippen molar-refractivity contribution >= 4 is 34.1 Å². The van der Waals surface area contributed by atoms with E-state index in [1.165, 1.54) is 11.1 Å². The van der Waals surface area contributed by atoms with E-state index in [4.69, 9.17) is 12.2 Å². The molecule has 0 aliphatic heterocycles. The van der Waals surface area contributed by atoms with Crippen molar-refractivity contribution in [1.29, 1.82) is 5.26 Å². The van der Waals surface area contributed by atoms with Gasteiger partial charge in [-0.2, -0.15) is 5.26 Å². The third-order valence-electron chi connectivity index (χ3n) is 4.32. The summed E-state index contributed by atoms with van der Waals surface area (Å²) in [6.45, 7) is 7.28. The molecule has 0 bridgehead atoms. The molecule has 0 atom stereocenters. The fraction of sp³-hybridized carbons (Fsp3) is 0.450. The lowest BCUT2D eigenvalue weighted by Gasteiger charge is -2.13. The first-order chi connectivity index (χ1) is 12.9. The van der Waals surface area contributed by atoms with Gasteiger partial charge in [0.1, 0.15) is 11.9 Å². The summed E-state index contributed by atoms with van der Waals surface area (Å²) < 4.78 is 0. The zero-order chi connectivity index (χ0) is 19.8. The van der Waals surface area contributed by atoms with Crippen molar-refractivity contribution in [3.05, 3.63) is 34.9 Å². The number of thiocarbonyl (C=S) groups is 1. The molecule has 0 aliphatic rings. The number of hydrogen-bond acceptors (Lipinski definition) is 5. The van der Waals surface area contributed by atoms with E-state index < -0.39 is 0 Å². The predicted octanol–water partition coefficient (Wildman–Crippen LogP) is 2.55. The van der Waals surface area contributed by atoms with Crippen molar-refractivity contribution in [2.24, 2.45) is 0 Å². The molecule has 0 saturated carbocycles. The zero-order valence-electron chi connectivity index (χ0n) is 16.5. The monoisotopic (exact) mass is 384 g/mol. The lowest BCUT2D eigenvalue weighted by molar-refractivity contribution is 0.400. The van der Waals surface area contributed by atoms with Crippen LogP contribution in [-0.4, -0.2) is 55.3 Å². The molecule has 2 aromatic rings. The quantitative estimate of drug-likeness (QED) is 0.477. The van der Waals surface area contributed by atoms with Crippen molar-refractivity contribution in [2.45, 2.75) is 20.3 Å². The normalized spacial score (nSPS) is 10.7. The molecule has 2 rings (SSSR count). The minimum Gasteiger partial charge on any atom is -0.367 e. The maximum atomic E-state index is 9.43. The van der Waals surface area contributed by atoms with Crippen LogP contribution in [0.3, 0.4) is 0 Å². The van der Waals surface area contributed by atoms with E-state index in [2.05, 4.69) is 72.0 Å². The summed E-state index contributed by atoms with van der Waals surface area (Å²) >= 11 is 5.27. The molecule has 27 heavy (non-hydrogen) atoms. The Hall–Kier alpha value is -2.43. The third-order valence-corrected chi connectivity index (χ3v) is 4.61. The number of benzene rings is 1. The van der Waals surface area contributed by atoms with Crippen LogP contribution in [0, 0.1) is 25.2 Å². The largest absolute Gasteiger partial charge is 0.367 e. The van der Waals surface area contributed by atoms with Crippen LogP contribution in [-0.2, 0) is 0 Å². The Bertz CT molecular complexity index is 840. The number of hydrogen-bond donors (Lipinski definition) is 3. The van der Waals surface area contributed by atoms with Crippen LogP contribution < -0.4 is 16.0 Å². The van der Waals surface area contributed by atoms with E-state index >= 15 is 0 Å². The van der Waals surface area contributed by atoms with Crippen molar-refractivity contribution < 1.29 is 0 Å². The minimum absolute atomic E-state index is 0.551. The fourth-order valence-electron chi connectivity index (χ4n) is 2.68. The Labute approximate surface area is 167 Å². The first-order valence-corrected chi connectivity index (χ1v) is 9.54. The number of fused-ring (bicyclic) bond motifs is 1. The second-order valence-electron chi connectivity index (χ2n) is 6.89. The van der Waals surface area contributed by atoms with Gasteiger partial charge in [0.15, 0.2) is 5.11 Å². The van der Waals surface area contributed by atoms with Gasteiger partial charge in [-0.15, -0.1) is 0 Å². The SMILES string of the molecule is Cc1cc2cc(C#N)c(NCCNC(=S)NCCCN(C)C)nc2cc1C. The van der Waals surface area contributed by atoms with Gasteiger partial charge in [0, 0.05) is 25.0 Å². The first-order valence-electron chi connectivity index (χ1n) is 9.13. The van der Waals surface area contributed by atoms with E-state index in [1.54, 1.807) is 0 Å². The summed E-state index contributed by atoms with van der Waals surface area (Å²) in [5.74, 6) is 0.611. The highest BCUT2D eigenvalue weighted by Gasteiger charge is 2.08. The van der Waals surface area contributed by atoms with E-state index in [1.807, 2.05) is 6.07 Å². The van der Waals surface area contributed by atoms with Crippen LogP contribution in [0.4, 0.5) is 5.82 Å². The van der Waals surface area contributed by atoms with E-state index in [9.17, 15) is 5.26 Å². The number of nitrogens with one attached hydrogen (secondary N) is 3. The average Bonchev–Trinajstić information content (AvgIpc) is 2.63. The highest BCUT2D eigenvalue weighted by molar-refractivity contribution is 7.80. The van der Waals surface area contributed by atoms with Crippen LogP contribution >= 0.6 is 12.2 Å². The third kappa shape index (κ3) is 6.35. The van der Waals surface area contributed by atoms with Crippen LogP contribution in [0.1, 0.15) is 23.1 Å². The smallest absolute Gasteiger partial charge is 0.166 e. The number of anilines is 1. The molecule has 3 N–H and O–H groups in total. The second kappa shape index (κ2) is 10.0. The summed E-state index contributed by atoms with van der Waals surface area (Å²) in [6.07, 6.45) is 1.04. The molecule has 0 amide bonds. The highest BCUT2D eigenvalue weighted by atomic mass is 32.1. The lowest BCUT2D eigenvalue weighted by Crippen LogP contribution is -2.38. The molecule has 0 saturated heterocycles. The van der Waals surface area contributed by atoms with Gasteiger partial charge in [-0.25, -0.2) is 4.98 Å². The molecule has 0 unspecified atom stereocenters. The standard InChI is InChI=1S/C20H28N6S/c1-14-10-16-12-17(13-21)19(25-18(16)11-15(14)2)22-7-8-24-20(27)23-6-5-9-26(3)4/h10-12H,5-9H2,1-4H3,(H,22,25)(H2,23,24,27). The van der Waals surface area contributed by atoms with Gasteiger partial charge in [0.25, 0.3) is 0 Å². The summed E-state index contributed by atoms with van der Waals surface area (Å²) in [6, 6.07) is 8.25. The molecule has 144 valence electrons. The van der Waals surface area contributed by atoms with Gasteiger partial charge in [0.05, 0.1) is 11.1 Å². The number of nitrogens with zero attached hydrogens (tertiary/aromatic N) is 3. The van der Waals surface area contributed by atoms with Gasteiger partial charge >= 0.3 is 0 Å². The van der Waals surface area contributed by atoms with Gasteiger partial charge in [-0.05, 0) is 82.5 Å². The van der Waals surface area contributed by atoms with Crippen molar-refractivity contribution in [2.75, 3.05) is 45.6 Å². The molecule has 0 aliphatic carbocycles. The Morgan fingerprint density at radius 3 is 2.52 bits per heavy atom. The number of rotatable bonds is 8. The average molecular weight is 385 g/mol. The minimum atomic E-state index is 0.551. The molecule has 1 aromatic heterocycles. The van der Waals surface area contributed by atoms with E-state index in [0.717, 1.165) is 30.4 Å². The molecule has 0 fully saturated rings. The van der Waals surface area contributed by atoms with E-state index in [-0.39, 0.29) is 0 Å². The van der Waals surface area contributed by atoms with Crippen LogP contribution in [0.2, 0.25) is 0 Å². The fourth-order valence-corrected chi connectivity index (χ4v) is 2.88. The van der Waals surface area contributed by atoms with E-state index in [0.29, 0.717) is 29.6 Å². The van der Waals surface area contributed by atoms with Gasteiger partial charge in [0.2, 0.25) is 0 Å². The maximum absolute atomic E-state index is 9.43. The summed E-state index contributed by atoms with van der Waals surface area (Å²) in [5, 5.41) is 20.7. The van der Waals surface area contributed by atoms with Crippen LogP contribution in [0.15, 0.2) is 18.2 Å². The van der Waals surface area contributed by atoms with Gasteiger partial charge in [-0.1, -0.05) is 0 Å². The summed E-state index contributed by atoms with van der Waals surface area (Å²) in [4.78, 5) is 6.77. The van der Waals surface area contributed by atoms with Crippen molar-refractivity contribution in [3.8, 4) is 6.07 Å². The molecular weight excluding hydrogens is 356 g/mol. The number of aryl methyl sites for hydroxylation is 2. The number of aromatic nitrogens is 1. The number of pyridine rings is 1. The summed E-state index contributed by atoms with van der Waals surface area (Å²) in [7, 11) is 4.11. The molecular formula is C20H28N6S. The summed E-state index contributed by atoms with van der Waals surface area (Å²) in [5.41, 5.74) is 3.84. The Kier molecular flexibility index (Phi) is 7.77. The number of nitriles is 1. The molecule has 0 radical (unpaired) electrons. The van der Waals surface area contributed by atoms with Crippen LogP contribution in [0.25, 0.3) is 10.9 Å². The van der Waals surface area contributed by atoms with Crippen LogP contribution in [0.5, 0.6) is 0 Å². The second-order valence-corrected chi connectivity index (χ2v) is 7.30. The van der Waals surface area contributed by atoms with Gasteiger partial charge in [-0.3, -0.25) is 0 Å². The maximum Gasteiger partial charge on any atom is 0.166 e. The lowest BCUT2D eigenvalue weighted by atomic mass is 10.0. The first kappa shape index (κ1) is 20.9. The topological polar surface area (TPSA) is 76.0 Å². The predicted molar refractivity (Wildman–Crippen MR) is 116 cm³/mol. The Morgan fingerprint density at radius 1 is 1.11 bits per heavy atom. The van der Waals surface area contributed by atoms with Gasteiger partial charge < -0.3 is 20.9 Å². The molecule has 1 aromatic carbocycles. The zero-order valence-corrected chi connectivity index (χ0v) is 17.3. The molecule has 0 spiro atoms. The Balaban J connectivity index is 1.86. The molecule has 1 heterocycles. The molecule has 6 nitrogen and oxygen atoms in total. The van der Waals surface area contributed by atoms with Crippen molar-refractivity contribution in [3.63, 3.8) is 0 Å². The molecule has 7 heteroatoms. The highest BCUT2D eigenvalue weighted by Crippen LogP contribution is 2.23.